The molecule has 2 heteroatoms. The molecule has 0 aliphatic carbocycles. The van der Waals surface area contributed by atoms with Crippen LogP contribution in [0, 0.1) is 11.3 Å². The van der Waals surface area contributed by atoms with Crippen LogP contribution < -0.4 is 0 Å². The summed E-state index contributed by atoms with van der Waals surface area (Å²) in [7, 11) is 4.85. The number of hydrogen-bond donors (Lipinski definition) is 0. The van der Waals surface area contributed by atoms with Crippen LogP contribution in [0.5, 0.6) is 0 Å². The molecule has 0 saturated carbocycles. The van der Waals surface area contributed by atoms with E-state index in [1.807, 2.05) is 0 Å². The van der Waals surface area contributed by atoms with Crippen molar-refractivity contribution in [3.63, 3.8) is 0 Å². The molecule has 0 spiro atoms. The minimum atomic E-state index is 0.263. The molecular weight excluding hydrogens is 277 g/mol. The fraction of sp³-hybridized carbons (Fsp3) is 1.00. The highest BCUT2D eigenvalue weighted by Gasteiger charge is 2.38. The van der Waals surface area contributed by atoms with Crippen molar-refractivity contribution in [3.8, 4) is 0 Å². The van der Waals surface area contributed by atoms with E-state index in [-0.39, 0.29) is 5.54 Å². The van der Waals surface area contributed by atoms with Gasteiger partial charge in [-0.05, 0) is 51.5 Å². The second-order valence-corrected chi connectivity index (χ2v) is 9.37. The molecule has 0 aliphatic heterocycles. The summed E-state index contributed by atoms with van der Waals surface area (Å²) in [5.41, 5.74) is 0.647. The van der Waals surface area contributed by atoms with E-state index >= 15 is 0 Å². The molecule has 0 N–H and O–H groups in total. The summed E-state index contributed by atoms with van der Waals surface area (Å²) in [6, 6.07) is 0.735. The summed E-state index contributed by atoms with van der Waals surface area (Å²) in [6.07, 6.45) is 9.17. The monoisotopic (exact) mass is 323 g/mol. The summed E-state index contributed by atoms with van der Waals surface area (Å²) in [6.45, 7) is 19.3. The van der Waals surface area contributed by atoms with Crippen molar-refractivity contribution in [1.82, 2.24) is 4.90 Å². The van der Waals surface area contributed by atoms with E-state index in [9.17, 15) is 0 Å². The van der Waals surface area contributed by atoms with E-state index in [4.69, 9.17) is 0 Å². The summed E-state index contributed by atoms with van der Waals surface area (Å²) >= 11 is 0. The Kier molecular flexibility index (Phi) is 10.1. The van der Waals surface area contributed by atoms with Crippen molar-refractivity contribution in [2.75, 3.05) is 7.05 Å². The Morgan fingerprint density at radius 3 is 1.70 bits per heavy atom. The normalized spacial score (nSPS) is 16.1. The molecule has 0 aliphatic rings. The largest absolute Gasteiger partial charge is 0.298 e. The molecule has 0 bridgehead atoms. The van der Waals surface area contributed by atoms with Crippen LogP contribution in [0.15, 0.2) is 0 Å². The Morgan fingerprint density at radius 2 is 1.30 bits per heavy atom. The van der Waals surface area contributed by atoms with Gasteiger partial charge in [-0.25, -0.2) is 0 Å². The Labute approximate surface area is 149 Å². The third kappa shape index (κ3) is 7.20. The van der Waals surface area contributed by atoms with Gasteiger partial charge in [0, 0.05) is 11.6 Å². The van der Waals surface area contributed by atoms with Crippen molar-refractivity contribution < 1.29 is 0 Å². The van der Waals surface area contributed by atoms with Gasteiger partial charge >= 0.3 is 0 Å². The van der Waals surface area contributed by atoms with Gasteiger partial charge in [0.25, 0.3) is 0 Å². The summed E-state index contributed by atoms with van der Waals surface area (Å²) in [5, 5.41) is 0. The zero-order valence-electron chi connectivity index (χ0n) is 18.1. The minimum Gasteiger partial charge on any atom is -0.298 e. The van der Waals surface area contributed by atoms with E-state index in [1.54, 1.807) is 0 Å². The van der Waals surface area contributed by atoms with Crippen LogP contribution in [-0.4, -0.2) is 31.4 Å². The number of nitrogens with zero attached hydrogens (tertiary/aromatic N) is 1. The van der Waals surface area contributed by atoms with Crippen molar-refractivity contribution in [2.24, 2.45) is 11.3 Å². The average molecular weight is 323 g/mol. The van der Waals surface area contributed by atoms with Gasteiger partial charge in [-0.1, -0.05) is 73.0 Å². The molecule has 138 valence electrons. The highest BCUT2D eigenvalue weighted by atomic mass is 15.2. The maximum atomic E-state index is 2.69. The van der Waals surface area contributed by atoms with Gasteiger partial charge < -0.3 is 0 Å². The van der Waals surface area contributed by atoms with Crippen LogP contribution in [0.3, 0.4) is 0 Å². The fourth-order valence-electron chi connectivity index (χ4n) is 4.57. The van der Waals surface area contributed by atoms with Gasteiger partial charge in [0.2, 0.25) is 0 Å². The van der Waals surface area contributed by atoms with Gasteiger partial charge in [0.05, 0.1) is 0 Å². The predicted octanol–water partition coefficient (Wildman–Crippen LogP) is 5.94. The quantitative estimate of drug-likeness (QED) is 0.402. The van der Waals surface area contributed by atoms with Crippen LogP contribution in [0.1, 0.15) is 100 Å². The van der Waals surface area contributed by atoms with E-state index in [1.165, 1.54) is 44.9 Å². The van der Waals surface area contributed by atoms with Gasteiger partial charge in [0.15, 0.2) is 0 Å². The average Bonchev–Trinajstić information content (AvgIpc) is 2.44. The summed E-state index contributed by atoms with van der Waals surface area (Å²) < 4.78 is 0. The van der Waals surface area contributed by atoms with E-state index in [0.29, 0.717) is 5.41 Å². The first-order chi connectivity index (χ1) is 10.5. The number of hydrogen-bond acceptors (Lipinski definition) is 1. The lowest BCUT2D eigenvalue weighted by Gasteiger charge is -2.48. The molecule has 2 unspecified atom stereocenters. The molecule has 0 amide bonds. The van der Waals surface area contributed by atoms with E-state index < -0.39 is 0 Å². The first kappa shape index (κ1) is 23.0. The molecule has 0 saturated heterocycles. The Hall–Kier alpha value is 0.0249. The van der Waals surface area contributed by atoms with Crippen LogP contribution in [0.4, 0.5) is 0 Å². The zero-order valence-corrected chi connectivity index (χ0v) is 18.1. The first-order valence-electron chi connectivity index (χ1n) is 10.3. The molecule has 0 fully saturated rings. The number of rotatable bonds is 12. The third-order valence-electron chi connectivity index (χ3n) is 6.46. The fourth-order valence-corrected chi connectivity index (χ4v) is 4.57. The highest BCUT2D eigenvalue weighted by molar-refractivity contribution is 6.12. The molecular formula is C21H46BN. The second-order valence-electron chi connectivity index (χ2n) is 9.37. The van der Waals surface area contributed by atoms with Gasteiger partial charge in [0.1, 0.15) is 7.85 Å². The second kappa shape index (κ2) is 10.1. The molecule has 23 heavy (non-hydrogen) atoms. The predicted molar refractivity (Wildman–Crippen MR) is 110 cm³/mol. The smallest absolute Gasteiger partial charge is 0.106 e. The third-order valence-corrected chi connectivity index (χ3v) is 6.46. The maximum Gasteiger partial charge on any atom is 0.106 e. The first-order valence-corrected chi connectivity index (χ1v) is 10.3. The maximum absolute atomic E-state index is 2.69. The lowest BCUT2D eigenvalue weighted by atomic mass is 9.57. The molecule has 0 aromatic heterocycles. The zero-order chi connectivity index (χ0) is 18.3. The molecule has 0 aromatic rings. The van der Waals surface area contributed by atoms with E-state index in [2.05, 4.69) is 75.2 Å². The highest BCUT2D eigenvalue weighted by Crippen LogP contribution is 2.44. The lowest BCUT2D eigenvalue weighted by Crippen LogP contribution is -2.50. The Morgan fingerprint density at radius 1 is 0.870 bits per heavy atom. The van der Waals surface area contributed by atoms with Crippen LogP contribution in [0.2, 0.25) is 5.82 Å². The summed E-state index contributed by atoms with van der Waals surface area (Å²) in [4.78, 5) is 2.69. The SMILES string of the molecule is BC(C(C)CCC)C(C)(C)CC(C)(C)N(C)C(CCC)CCC. The summed E-state index contributed by atoms with van der Waals surface area (Å²) in [5.74, 6) is 1.59. The molecule has 0 aromatic carbocycles. The molecule has 0 radical (unpaired) electrons. The van der Waals surface area contributed by atoms with Gasteiger partial charge in [-0.2, -0.15) is 0 Å². The van der Waals surface area contributed by atoms with Crippen LogP contribution >= 0.6 is 0 Å². The molecule has 0 rings (SSSR count). The van der Waals surface area contributed by atoms with E-state index in [0.717, 1.165) is 17.8 Å². The molecule has 2 atom stereocenters. The van der Waals surface area contributed by atoms with Crippen molar-refractivity contribution in [1.29, 1.82) is 0 Å². The van der Waals surface area contributed by atoms with Gasteiger partial charge in [-0.3, -0.25) is 4.90 Å². The van der Waals surface area contributed by atoms with Crippen molar-refractivity contribution in [3.05, 3.63) is 0 Å². The standard InChI is InChI=1S/C21H46BN/c1-10-13-17(4)19(22)20(5,6)16-21(7,8)23(9)18(14-11-2)15-12-3/h17-19H,10-16,22H2,1-9H3. The minimum absolute atomic E-state index is 0.263. The van der Waals surface area contributed by atoms with Crippen molar-refractivity contribution >= 4 is 7.85 Å². The Balaban J connectivity index is 5.04. The molecule has 0 heterocycles. The topological polar surface area (TPSA) is 3.24 Å². The Bertz CT molecular complexity index is 305. The van der Waals surface area contributed by atoms with Crippen LogP contribution in [-0.2, 0) is 0 Å². The lowest BCUT2D eigenvalue weighted by molar-refractivity contribution is 0.0435. The van der Waals surface area contributed by atoms with Crippen LogP contribution in [0.25, 0.3) is 0 Å². The molecule has 1 nitrogen and oxygen atoms in total. The van der Waals surface area contributed by atoms with Gasteiger partial charge in [-0.15, -0.1) is 0 Å². The van der Waals surface area contributed by atoms with Crippen molar-refractivity contribution in [2.45, 2.75) is 118 Å².